The van der Waals surface area contributed by atoms with Crippen LogP contribution in [0.2, 0.25) is 0 Å². The second kappa shape index (κ2) is 8.47. The number of alkyl halides is 3. The van der Waals surface area contributed by atoms with Crippen LogP contribution in [0.4, 0.5) is 30.6 Å². The van der Waals surface area contributed by atoms with Crippen LogP contribution in [0.15, 0.2) is 78.5 Å². The maximum absolute atomic E-state index is 13.5. The molecule has 0 aliphatic heterocycles. The van der Waals surface area contributed by atoms with Crippen LogP contribution in [-0.4, -0.2) is 22.1 Å². The van der Waals surface area contributed by atoms with Crippen LogP contribution in [0.1, 0.15) is 12.0 Å². The van der Waals surface area contributed by atoms with Gasteiger partial charge in [0.1, 0.15) is 17.1 Å². The van der Waals surface area contributed by atoms with Crippen LogP contribution >= 0.6 is 0 Å². The second-order valence-corrected chi connectivity index (χ2v) is 6.69. The number of benzene rings is 1. The Morgan fingerprint density at radius 2 is 1.94 bits per heavy atom. The third kappa shape index (κ3) is 4.82. The van der Waals surface area contributed by atoms with Crippen molar-refractivity contribution in [1.82, 2.24) is 15.0 Å². The van der Waals surface area contributed by atoms with E-state index in [0.29, 0.717) is 23.6 Å². The van der Waals surface area contributed by atoms with E-state index in [4.69, 9.17) is 4.74 Å². The number of rotatable bonds is 5. The van der Waals surface area contributed by atoms with Crippen LogP contribution < -0.4 is 10.6 Å². The molecule has 4 rings (SSSR count). The van der Waals surface area contributed by atoms with Gasteiger partial charge in [0.25, 0.3) is 0 Å². The molecule has 158 valence electrons. The van der Waals surface area contributed by atoms with Crippen LogP contribution in [0.25, 0.3) is 10.9 Å². The van der Waals surface area contributed by atoms with E-state index in [-0.39, 0.29) is 11.8 Å². The van der Waals surface area contributed by atoms with Gasteiger partial charge in [0, 0.05) is 35.6 Å². The highest BCUT2D eigenvalue weighted by Gasteiger charge is 2.35. The summed E-state index contributed by atoms with van der Waals surface area (Å²) in [5.41, 5.74) is 0.956. The standard InChI is InChI=1S/C22H18F3N5O/c1-31-17-6-2-5-15(7-9-17)29-21-27-13-18(22(23,24)25)20(30-21)28-16-8-10-19-14(12-16)4-3-11-26-19/h2-4,6-13H,5H2,1H3,(H2,27,28,29,30). The summed E-state index contributed by atoms with van der Waals surface area (Å²) in [4.78, 5) is 12.2. The van der Waals surface area contributed by atoms with Crippen molar-refractivity contribution in [3.8, 4) is 0 Å². The lowest BCUT2D eigenvalue weighted by atomic mass is 10.2. The van der Waals surface area contributed by atoms with E-state index < -0.39 is 11.7 Å². The summed E-state index contributed by atoms with van der Waals surface area (Å²) in [5, 5.41) is 6.54. The van der Waals surface area contributed by atoms with Crippen LogP contribution in [0.5, 0.6) is 0 Å². The smallest absolute Gasteiger partial charge is 0.421 e. The first-order valence-electron chi connectivity index (χ1n) is 9.37. The predicted octanol–water partition coefficient (Wildman–Crippen LogP) is 5.57. The van der Waals surface area contributed by atoms with Gasteiger partial charge in [0.05, 0.1) is 12.6 Å². The van der Waals surface area contributed by atoms with Crippen molar-refractivity contribution in [3.05, 3.63) is 84.0 Å². The summed E-state index contributed by atoms with van der Waals surface area (Å²) in [6, 6.07) is 8.69. The SMILES string of the molecule is COC1=CC=C(Nc2ncc(C(F)(F)F)c(Nc3ccc4ncccc4c3)n2)CC=C1. The average Bonchev–Trinajstić information content (AvgIpc) is 2.98. The zero-order valence-corrected chi connectivity index (χ0v) is 16.4. The molecule has 0 bridgehead atoms. The minimum absolute atomic E-state index is 0.0480. The molecule has 1 aliphatic rings. The zero-order chi connectivity index (χ0) is 21.8. The molecule has 0 spiro atoms. The van der Waals surface area contributed by atoms with E-state index in [1.165, 1.54) is 0 Å². The third-order valence-corrected chi connectivity index (χ3v) is 4.54. The highest BCUT2D eigenvalue weighted by Crippen LogP contribution is 2.35. The summed E-state index contributed by atoms with van der Waals surface area (Å²) in [6.45, 7) is 0. The molecule has 2 heterocycles. The molecule has 2 N–H and O–H groups in total. The van der Waals surface area contributed by atoms with E-state index in [1.807, 2.05) is 12.1 Å². The molecule has 31 heavy (non-hydrogen) atoms. The monoisotopic (exact) mass is 425 g/mol. The van der Waals surface area contributed by atoms with Gasteiger partial charge in [-0.2, -0.15) is 18.2 Å². The highest BCUT2D eigenvalue weighted by molar-refractivity contribution is 5.83. The second-order valence-electron chi connectivity index (χ2n) is 6.69. The Morgan fingerprint density at radius 3 is 2.74 bits per heavy atom. The first-order valence-corrected chi connectivity index (χ1v) is 9.37. The Hall–Kier alpha value is -3.88. The Balaban J connectivity index is 1.65. The van der Waals surface area contributed by atoms with Crippen LogP contribution in [0, 0.1) is 0 Å². The number of methoxy groups -OCH3 is 1. The van der Waals surface area contributed by atoms with Gasteiger partial charge in [0.2, 0.25) is 5.95 Å². The molecule has 0 fully saturated rings. The maximum Gasteiger partial charge on any atom is 0.421 e. The summed E-state index contributed by atoms with van der Waals surface area (Å²) >= 11 is 0. The lowest BCUT2D eigenvalue weighted by Crippen LogP contribution is -2.13. The molecule has 2 aromatic heterocycles. The quantitative estimate of drug-likeness (QED) is 0.557. The number of nitrogens with one attached hydrogen (secondary N) is 2. The normalized spacial score (nSPS) is 13.9. The number of anilines is 3. The molecule has 0 unspecified atom stereocenters. The Morgan fingerprint density at radius 1 is 1.06 bits per heavy atom. The van der Waals surface area contributed by atoms with E-state index in [9.17, 15) is 13.2 Å². The number of halogens is 3. The lowest BCUT2D eigenvalue weighted by molar-refractivity contribution is -0.137. The largest absolute Gasteiger partial charge is 0.497 e. The Labute approximate surface area is 176 Å². The van der Waals surface area contributed by atoms with Gasteiger partial charge in [0.15, 0.2) is 0 Å². The number of nitrogens with zero attached hydrogens (tertiary/aromatic N) is 3. The molecule has 1 aromatic carbocycles. The van der Waals surface area contributed by atoms with Gasteiger partial charge in [-0.15, -0.1) is 0 Å². The van der Waals surface area contributed by atoms with Gasteiger partial charge in [-0.05, 0) is 42.5 Å². The van der Waals surface area contributed by atoms with E-state index in [1.54, 1.807) is 55.8 Å². The zero-order valence-electron chi connectivity index (χ0n) is 16.4. The Kier molecular flexibility index (Phi) is 5.57. The molecule has 0 saturated carbocycles. The van der Waals surface area contributed by atoms with Gasteiger partial charge in [-0.25, -0.2) is 4.98 Å². The molecule has 0 amide bonds. The summed E-state index contributed by atoms with van der Waals surface area (Å²) in [7, 11) is 1.56. The summed E-state index contributed by atoms with van der Waals surface area (Å²) < 4.78 is 45.8. The fraction of sp³-hybridized carbons (Fsp3) is 0.136. The molecular weight excluding hydrogens is 407 g/mol. The number of aromatic nitrogens is 3. The lowest BCUT2D eigenvalue weighted by Gasteiger charge is -2.15. The van der Waals surface area contributed by atoms with E-state index in [0.717, 1.165) is 17.1 Å². The minimum atomic E-state index is -4.61. The molecule has 3 aromatic rings. The Bertz CT molecular complexity index is 1200. The molecule has 1 aliphatic carbocycles. The summed E-state index contributed by atoms with van der Waals surface area (Å²) in [5.74, 6) is 0.372. The topological polar surface area (TPSA) is 72.0 Å². The predicted molar refractivity (Wildman–Crippen MR) is 113 cm³/mol. The molecule has 0 radical (unpaired) electrons. The number of pyridine rings is 1. The van der Waals surface area contributed by atoms with Crippen molar-refractivity contribution in [1.29, 1.82) is 0 Å². The van der Waals surface area contributed by atoms with Crippen molar-refractivity contribution in [3.63, 3.8) is 0 Å². The molecular formula is C22H18F3N5O. The van der Waals surface area contributed by atoms with Gasteiger partial charge in [-0.3, -0.25) is 4.98 Å². The van der Waals surface area contributed by atoms with Gasteiger partial charge in [-0.1, -0.05) is 12.1 Å². The van der Waals surface area contributed by atoms with Crippen LogP contribution in [-0.2, 0) is 10.9 Å². The van der Waals surface area contributed by atoms with Crippen molar-refractivity contribution >= 4 is 28.4 Å². The fourth-order valence-electron chi connectivity index (χ4n) is 3.02. The number of ether oxygens (including phenoxy) is 1. The molecule has 0 saturated heterocycles. The van der Waals surface area contributed by atoms with Crippen molar-refractivity contribution in [2.45, 2.75) is 12.6 Å². The van der Waals surface area contributed by atoms with Crippen molar-refractivity contribution in [2.24, 2.45) is 0 Å². The fourth-order valence-corrected chi connectivity index (χ4v) is 3.02. The van der Waals surface area contributed by atoms with E-state index in [2.05, 4.69) is 25.6 Å². The number of hydrogen-bond donors (Lipinski definition) is 2. The first kappa shape index (κ1) is 20.4. The molecule has 9 heteroatoms. The minimum Gasteiger partial charge on any atom is -0.497 e. The summed E-state index contributed by atoms with van der Waals surface area (Å²) in [6.07, 6.45) is 5.52. The maximum atomic E-state index is 13.5. The third-order valence-electron chi connectivity index (χ3n) is 4.54. The highest BCUT2D eigenvalue weighted by atomic mass is 19.4. The molecule has 6 nitrogen and oxygen atoms in total. The number of hydrogen-bond acceptors (Lipinski definition) is 6. The average molecular weight is 425 g/mol. The van der Waals surface area contributed by atoms with Gasteiger partial charge >= 0.3 is 6.18 Å². The van der Waals surface area contributed by atoms with Crippen LogP contribution in [0.3, 0.4) is 0 Å². The van der Waals surface area contributed by atoms with Crippen molar-refractivity contribution in [2.75, 3.05) is 17.7 Å². The molecule has 0 atom stereocenters. The van der Waals surface area contributed by atoms with Crippen molar-refractivity contribution < 1.29 is 17.9 Å². The number of fused-ring (bicyclic) bond motifs is 1. The first-order chi connectivity index (χ1) is 14.9. The van der Waals surface area contributed by atoms with E-state index >= 15 is 0 Å². The number of allylic oxidation sites excluding steroid dienone is 4. The van der Waals surface area contributed by atoms with Gasteiger partial charge < -0.3 is 15.4 Å².